The topological polar surface area (TPSA) is 115 Å². The van der Waals surface area contributed by atoms with E-state index < -0.39 is 5.82 Å². The molecule has 182 valence electrons. The third-order valence-electron chi connectivity index (χ3n) is 6.58. The van der Waals surface area contributed by atoms with Gasteiger partial charge in [-0.05, 0) is 47.4 Å². The lowest BCUT2D eigenvalue weighted by atomic mass is 9.94. The van der Waals surface area contributed by atoms with Crippen LogP contribution in [0.25, 0.3) is 11.3 Å². The van der Waals surface area contributed by atoms with Crippen LogP contribution in [-0.2, 0) is 6.42 Å². The number of halogens is 1. The second kappa shape index (κ2) is 9.29. The molecule has 0 radical (unpaired) electrons. The van der Waals surface area contributed by atoms with E-state index in [1.54, 1.807) is 24.7 Å². The molecule has 4 aromatic heterocycles. The molecule has 36 heavy (non-hydrogen) atoms. The largest absolute Gasteiger partial charge is 0.349 e. The van der Waals surface area contributed by atoms with Crippen LogP contribution in [0.15, 0.2) is 55.6 Å². The van der Waals surface area contributed by atoms with E-state index in [0.717, 1.165) is 49.6 Å². The molecule has 0 atom stereocenters. The molecule has 1 aliphatic heterocycles. The van der Waals surface area contributed by atoms with Crippen LogP contribution in [0.5, 0.6) is 0 Å². The summed E-state index contributed by atoms with van der Waals surface area (Å²) in [6, 6.07) is 4.75. The van der Waals surface area contributed by atoms with Crippen LogP contribution < -0.4 is 10.2 Å². The minimum atomic E-state index is -0.432. The predicted octanol–water partition coefficient (Wildman–Crippen LogP) is 3.32. The van der Waals surface area contributed by atoms with E-state index in [1.807, 2.05) is 23.0 Å². The molecule has 1 aliphatic rings. The van der Waals surface area contributed by atoms with Gasteiger partial charge in [-0.25, -0.2) is 29.0 Å². The SMILES string of the molecule is CCc1cnc(N2CCC(c3cnc4c(Nc5ccc(-n6cnnn6)cc5F)cncn34)CC2)nc1. The second-order valence-corrected chi connectivity index (χ2v) is 8.73. The van der Waals surface area contributed by atoms with Crippen molar-refractivity contribution in [2.45, 2.75) is 32.1 Å². The molecule has 0 spiro atoms. The molecule has 6 rings (SSSR count). The van der Waals surface area contributed by atoms with Crippen LogP contribution in [-0.4, -0.2) is 57.6 Å². The number of tetrazole rings is 1. The third kappa shape index (κ3) is 4.10. The van der Waals surface area contributed by atoms with Gasteiger partial charge in [0.2, 0.25) is 5.95 Å². The maximum Gasteiger partial charge on any atom is 0.225 e. The summed E-state index contributed by atoms with van der Waals surface area (Å²) in [6.07, 6.45) is 13.4. The van der Waals surface area contributed by atoms with Crippen molar-refractivity contribution in [3.63, 3.8) is 0 Å². The van der Waals surface area contributed by atoms with Crippen molar-refractivity contribution in [1.82, 2.24) is 44.5 Å². The number of hydrogen-bond acceptors (Lipinski definition) is 9. The number of rotatable bonds is 6. The van der Waals surface area contributed by atoms with Crippen molar-refractivity contribution in [2.24, 2.45) is 0 Å². The van der Waals surface area contributed by atoms with Gasteiger partial charge in [0, 0.05) is 49.4 Å². The molecule has 11 nitrogen and oxygen atoms in total. The van der Waals surface area contributed by atoms with Crippen LogP contribution in [0.4, 0.5) is 21.7 Å². The van der Waals surface area contributed by atoms with Gasteiger partial charge >= 0.3 is 0 Å². The lowest BCUT2D eigenvalue weighted by molar-refractivity contribution is 0.488. The summed E-state index contributed by atoms with van der Waals surface area (Å²) in [5.74, 6) is 0.680. The fraction of sp³-hybridized carbons (Fsp3) is 0.292. The Morgan fingerprint density at radius 3 is 2.56 bits per heavy atom. The minimum Gasteiger partial charge on any atom is -0.349 e. The van der Waals surface area contributed by atoms with E-state index >= 15 is 0 Å². The zero-order valence-electron chi connectivity index (χ0n) is 19.7. The second-order valence-electron chi connectivity index (χ2n) is 8.73. The molecule has 5 heterocycles. The van der Waals surface area contributed by atoms with Gasteiger partial charge in [0.25, 0.3) is 0 Å². The fourth-order valence-electron chi connectivity index (χ4n) is 4.56. The zero-order chi connectivity index (χ0) is 24.5. The van der Waals surface area contributed by atoms with Gasteiger partial charge in [0.15, 0.2) is 5.65 Å². The standard InChI is InChI=1S/C24H24FN11/c1-2-16-10-28-24(29-11-16)34-7-5-17(6-8-34)22-13-27-23-21(12-26-14-35(22)23)31-20-4-3-18(9-19(20)25)36-15-30-32-33-36/h3-4,9-15,17,31H,2,5-8H2,1H3. The van der Waals surface area contributed by atoms with E-state index in [0.29, 0.717) is 28.6 Å². The summed E-state index contributed by atoms with van der Waals surface area (Å²) in [4.78, 5) is 20.3. The lowest BCUT2D eigenvalue weighted by Gasteiger charge is -2.31. The van der Waals surface area contributed by atoms with Crippen molar-refractivity contribution in [3.8, 4) is 5.69 Å². The molecule has 0 amide bonds. The Bertz CT molecular complexity index is 1470. The van der Waals surface area contributed by atoms with Crippen molar-refractivity contribution >= 4 is 23.0 Å². The number of imidazole rings is 1. The lowest BCUT2D eigenvalue weighted by Crippen LogP contribution is -2.34. The van der Waals surface area contributed by atoms with Crippen molar-refractivity contribution in [2.75, 3.05) is 23.3 Å². The summed E-state index contributed by atoms with van der Waals surface area (Å²) in [7, 11) is 0. The van der Waals surface area contributed by atoms with Crippen LogP contribution in [0.2, 0.25) is 0 Å². The molecule has 0 unspecified atom stereocenters. The van der Waals surface area contributed by atoms with Crippen molar-refractivity contribution in [1.29, 1.82) is 0 Å². The molecule has 1 fully saturated rings. The van der Waals surface area contributed by atoms with Gasteiger partial charge in [0.1, 0.15) is 24.2 Å². The summed E-state index contributed by atoms with van der Waals surface area (Å²) in [5, 5.41) is 14.1. The monoisotopic (exact) mass is 485 g/mol. The Labute approximate surface area is 206 Å². The quantitative estimate of drug-likeness (QED) is 0.387. The number of nitrogens with one attached hydrogen (secondary N) is 1. The summed E-state index contributed by atoms with van der Waals surface area (Å²) in [6.45, 7) is 3.83. The average Bonchev–Trinajstić information content (AvgIpc) is 3.61. The first-order chi connectivity index (χ1) is 17.7. The van der Waals surface area contributed by atoms with E-state index in [4.69, 9.17) is 0 Å². The highest BCUT2D eigenvalue weighted by Gasteiger charge is 2.25. The van der Waals surface area contributed by atoms with E-state index in [1.165, 1.54) is 17.1 Å². The predicted molar refractivity (Wildman–Crippen MR) is 131 cm³/mol. The number of aromatic nitrogens is 9. The molecule has 12 heteroatoms. The Hall–Kier alpha value is -4.48. The van der Waals surface area contributed by atoms with Crippen LogP contribution >= 0.6 is 0 Å². The van der Waals surface area contributed by atoms with Gasteiger partial charge in [0.05, 0.1) is 17.6 Å². The molecular formula is C24H24FN11. The molecule has 0 saturated carbocycles. The third-order valence-corrected chi connectivity index (χ3v) is 6.58. The Morgan fingerprint density at radius 1 is 1.00 bits per heavy atom. The number of anilines is 3. The van der Waals surface area contributed by atoms with Gasteiger partial charge in [-0.3, -0.25) is 4.40 Å². The summed E-state index contributed by atoms with van der Waals surface area (Å²) >= 11 is 0. The van der Waals surface area contributed by atoms with Gasteiger partial charge < -0.3 is 10.2 Å². The number of aryl methyl sites for hydroxylation is 1. The van der Waals surface area contributed by atoms with Gasteiger partial charge in [-0.2, -0.15) is 0 Å². The van der Waals surface area contributed by atoms with Crippen LogP contribution in [0.3, 0.4) is 0 Å². The summed E-state index contributed by atoms with van der Waals surface area (Å²) in [5.41, 5.74) is 4.40. The average molecular weight is 486 g/mol. The molecule has 1 aromatic carbocycles. The first-order valence-electron chi connectivity index (χ1n) is 11.9. The number of fused-ring (bicyclic) bond motifs is 1. The van der Waals surface area contributed by atoms with E-state index in [2.05, 4.69) is 52.6 Å². The van der Waals surface area contributed by atoms with Crippen LogP contribution in [0.1, 0.15) is 36.9 Å². The number of benzene rings is 1. The first-order valence-corrected chi connectivity index (χ1v) is 11.9. The van der Waals surface area contributed by atoms with Gasteiger partial charge in [-0.1, -0.05) is 6.92 Å². The molecule has 0 bridgehead atoms. The molecule has 1 saturated heterocycles. The Morgan fingerprint density at radius 2 is 1.83 bits per heavy atom. The van der Waals surface area contributed by atoms with Crippen molar-refractivity contribution < 1.29 is 4.39 Å². The minimum absolute atomic E-state index is 0.314. The molecule has 0 aliphatic carbocycles. The maximum atomic E-state index is 14.8. The van der Waals surface area contributed by atoms with Gasteiger partial charge in [-0.15, -0.1) is 5.10 Å². The summed E-state index contributed by atoms with van der Waals surface area (Å²) < 4.78 is 18.2. The van der Waals surface area contributed by atoms with E-state index in [-0.39, 0.29) is 0 Å². The molecular weight excluding hydrogens is 461 g/mol. The Kier molecular flexibility index (Phi) is 5.68. The number of nitrogens with zero attached hydrogens (tertiary/aromatic N) is 10. The number of piperidine rings is 1. The molecule has 1 N–H and O–H groups in total. The highest BCUT2D eigenvalue weighted by Crippen LogP contribution is 2.32. The van der Waals surface area contributed by atoms with Crippen molar-refractivity contribution in [3.05, 3.63) is 72.7 Å². The number of hydrogen-bond donors (Lipinski definition) is 1. The van der Waals surface area contributed by atoms with E-state index in [9.17, 15) is 4.39 Å². The van der Waals surface area contributed by atoms with Crippen LogP contribution in [0, 0.1) is 5.82 Å². The fourth-order valence-corrected chi connectivity index (χ4v) is 4.56. The first kappa shape index (κ1) is 22.0. The maximum absolute atomic E-state index is 14.8. The Balaban J connectivity index is 1.19. The highest BCUT2D eigenvalue weighted by molar-refractivity contribution is 5.73. The smallest absolute Gasteiger partial charge is 0.225 e. The normalized spacial score (nSPS) is 14.4. The highest BCUT2D eigenvalue weighted by atomic mass is 19.1. The zero-order valence-corrected chi connectivity index (χ0v) is 19.7. The molecule has 5 aromatic rings.